The fourth-order valence-electron chi connectivity index (χ4n) is 1.93. The van der Waals surface area contributed by atoms with Gasteiger partial charge in [0.25, 0.3) is 0 Å². The summed E-state index contributed by atoms with van der Waals surface area (Å²) in [5.41, 5.74) is 1.20. The molecule has 0 saturated carbocycles. The third-order valence-corrected chi connectivity index (χ3v) is 6.50. The second kappa shape index (κ2) is 5.44. The number of aryl methyl sites for hydroxylation is 1. The van der Waals surface area contributed by atoms with Gasteiger partial charge in [-0.1, -0.05) is 0 Å². The largest absolute Gasteiger partial charge is 0.297 e. The Balaban J connectivity index is 2.02. The maximum atomic E-state index is 10.8. The van der Waals surface area contributed by atoms with Crippen molar-refractivity contribution in [1.29, 1.82) is 0 Å². The zero-order valence-electron chi connectivity index (χ0n) is 10.6. The fraction of sp³-hybridized carbons (Fsp3) is 0.0667. The molecule has 0 unspecified atom stereocenters. The van der Waals surface area contributed by atoms with Gasteiger partial charge in [0.05, 0.1) is 9.75 Å². The Kier molecular flexibility index (Phi) is 3.65. The van der Waals surface area contributed by atoms with Crippen LogP contribution in [-0.2, 0) is 0 Å². The molecular formula is C15H10O2S3. The first-order valence-electron chi connectivity index (χ1n) is 5.92. The van der Waals surface area contributed by atoms with Crippen molar-refractivity contribution in [2.45, 2.75) is 6.92 Å². The molecule has 0 aliphatic carbocycles. The third-order valence-electron chi connectivity index (χ3n) is 2.87. The summed E-state index contributed by atoms with van der Waals surface area (Å²) in [5.74, 6) is 0. The van der Waals surface area contributed by atoms with Crippen LogP contribution in [0.2, 0.25) is 0 Å². The Labute approximate surface area is 128 Å². The molecule has 5 heteroatoms. The summed E-state index contributed by atoms with van der Waals surface area (Å²) in [6.45, 7) is 2.07. The fourth-order valence-corrected chi connectivity index (χ4v) is 5.01. The van der Waals surface area contributed by atoms with Crippen LogP contribution in [0.15, 0.2) is 30.3 Å². The normalized spacial score (nSPS) is 10.7. The first kappa shape index (κ1) is 13.4. The number of rotatable bonds is 4. The Hall–Kier alpha value is -1.56. The minimum atomic E-state index is 0.743. The molecule has 3 aromatic heterocycles. The maximum absolute atomic E-state index is 10.8. The molecule has 0 amide bonds. The molecule has 20 heavy (non-hydrogen) atoms. The molecule has 0 N–H and O–H groups in total. The predicted molar refractivity (Wildman–Crippen MR) is 86.5 cm³/mol. The molecular weight excluding hydrogens is 308 g/mol. The number of carbonyl (C=O) groups is 2. The van der Waals surface area contributed by atoms with E-state index in [4.69, 9.17) is 0 Å². The highest BCUT2D eigenvalue weighted by atomic mass is 32.1. The van der Waals surface area contributed by atoms with E-state index in [0.717, 1.165) is 37.0 Å². The van der Waals surface area contributed by atoms with Gasteiger partial charge in [-0.3, -0.25) is 9.59 Å². The highest BCUT2D eigenvalue weighted by Crippen LogP contribution is 2.42. The lowest BCUT2D eigenvalue weighted by atomic mass is 10.2. The van der Waals surface area contributed by atoms with Crippen molar-refractivity contribution < 1.29 is 9.59 Å². The van der Waals surface area contributed by atoms with E-state index in [1.807, 2.05) is 24.3 Å². The van der Waals surface area contributed by atoms with Gasteiger partial charge in [-0.15, -0.1) is 34.0 Å². The predicted octanol–water partition coefficient (Wildman–Crippen LogP) is 5.14. The van der Waals surface area contributed by atoms with E-state index in [9.17, 15) is 9.59 Å². The van der Waals surface area contributed by atoms with Crippen LogP contribution in [-0.4, -0.2) is 12.6 Å². The Morgan fingerprint density at radius 3 is 2.00 bits per heavy atom. The number of thiophene rings is 3. The lowest BCUT2D eigenvalue weighted by Crippen LogP contribution is -1.67. The van der Waals surface area contributed by atoms with Crippen molar-refractivity contribution in [1.82, 2.24) is 0 Å². The van der Waals surface area contributed by atoms with E-state index in [1.54, 1.807) is 11.3 Å². The van der Waals surface area contributed by atoms with Gasteiger partial charge >= 0.3 is 0 Å². The second-order valence-corrected chi connectivity index (χ2v) is 7.55. The van der Waals surface area contributed by atoms with E-state index < -0.39 is 0 Å². The third kappa shape index (κ3) is 2.40. The Bertz CT molecular complexity index is 777. The zero-order chi connectivity index (χ0) is 14.1. The van der Waals surface area contributed by atoms with E-state index >= 15 is 0 Å². The first-order valence-corrected chi connectivity index (χ1v) is 8.37. The van der Waals surface area contributed by atoms with Crippen molar-refractivity contribution in [3.63, 3.8) is 0 Å². The quantitative estimate of drug-likeness (QED) is 0.624. The number of aldehydes is 2. The standard InChI is InChI=1S/C15H10O2S3/c1-9-6-14(12-4-2-10(7-16)18-12)20-15(9)13-5-3-11(8-17)19-13/h2-8H,1H3. The summed E-state index contributed by atoms with van der Waals surface area (Å²) < 4.78 is 0. The minimum absolute atomic E-state index is 0.743. The average Bonchev–Trinajstić information content (AvgIpc) is 3.16. The lowest BCUT2D eigenvalue weighted by Gasteiger charge is -1.92. The summed E-state index contributed by atoms with van der Waals surface area (Å²) in [6, 6.07) is 9.80. The van der Waals surface area contributed by atoms with Crippen molar-refractivity contribution in [3.05, 3.63) is 45.6 Å². The van der Waals surface area contributed by atoms with E-state index in [-0.39, 0.29) is 0 Å². The van der Waals surface area contributed by atoms with E-state index in [0.29, 0.717) is 0 Å². The van der Waals surface area contributed by atoms with Crippen LogP contribution < -0.4 is 0 Å². The van der Waals surface area contributed by atoms with Gasteiger partial charge in [0.15, 0.2) is 12.6 Å². The molecule has 3 rings (SSSR count). The molecule has 0 fully saturated rings. The van der Waals surface area contributed by atoms with Crippen LogP contribution >= 0.6 is 34.0 Å². The van der Waals surface area contributed by atoms with Gasteiger partial charge in [0.2, 0.25) is 0 Å². The van der Waals surface area contributed by atoms with Gasteiger partial charge < -0.3 is 0 Å². The van der Waals surface area contributed by atoms with Crippen molar-refractivity contribution in [3.8, 4) is 19.5 Å². The van der Waals surface area contributed by atoms with Gasteiger partial charge in [0, 0.05) is 19.5 Å². The van der Waals surface area contributed by atoms with Crippen LogP contribution in [0.4, 0.5) is 0 Å². The maximum Gasteiger partial charge on any atom is 0.160 e. The molecule has 0 atom stereocenters. The van der Waals surface area contributed by atoms with Gasteiger partial charge in [0.1, 0.15) is 0 Å². The molecule has 0 aliphatic rings. The van der Waals surface area contributed by atoms with Crippen LogP contribution in [0.3, 0.4) is 0 Å². The van der Waals surface area contributed by atoms with Crippen molar-refractivity contribution in [2.75, 3.05) is 0 Å². The number of carbonyl (C=O) groups excluding carboxylic acids is 2. The minimum Gasteiger partial charge on any atom is -0.297 e. The molecule has 0 bridgehead atoms. The Morgan fingerprint density at radius 1 is 0.800 bits per heavy atom. The highest BCUT2D eigenvalue weighted by Gasteiger charge is 2.12. The smallest absolute Gasteiger partial charge is 0.160 e. The molecule has 0 spiro atoms. The summed E-state index contributed by atoms with van der Waals surface area (Å²) in [6.07, 6.45) is 1.76. The van der Waals surface area contributed by atoms with Crippen molar-refractivity contribution >= 4 is 46.6 Å². The summed E-state index contributed by atoms with van der Waals surface area (Å²) in [7, 11) is 0. The summed E-state index contributed by atoms with van der Waals surface area (Å²) in [5, 5.41) is 0. The molecule has 0 saturated heterocycles. The molecule has 3 heterocycles. The van der Waals surface area contributed by atoms with E-state index in [2.05, 4.69) is 13.0 Å². The van der Waals surface area contributed by atoms with Crippen LogP contribution in [0, 0.1) is 6.92 Å². The number of hydrogen-bond donors (Lipinski definition) is 0. The van der Waals surface area contributed by atoms with Gasteiger partial charge in [-0.25, -0.2) is 0 Å². The van der Waals surface area contributed by atoms with Crippen LogP contribution in [0.25, 0.3) is 19.5 Å². The lowest BCUT2D eigenvalue weighted by molar-refractivity contribution is 0.111. The molecule has 0 aromatic carbocycles. The monoisotopic (exact) mass is 318 g/mol. The molecule has 100 valence electrons. The second-order valence-electron chi connectivity index (χ2n) is 4.26. The van der Waals surface area contributed by atoms with Gasteiger partial charge in [-0.05, 0) is 42.8 Å². The highest BCUT2D eigenvalue weighted by molar-refractivity contribution is 7.27. The molecule has 0 radical (unpaired) electrons. The average molecular weight is 318 g/mol. The zero-order valence-corrected chi connectivity index (χ0v) is 13.0. The molecule has 3 aromatic rings. The Morgan fingerprint density at radius 2 is 1.40 bits per heavy atom. The summed E-state index contributed by atoms with van der Waals surface area (Å²) >= 11 is 4.71. The van der Waals surface area contributed by atoms with Crippen molar-refractivity contribution in [2.24, 2.45) is 0 Å². The molecule has 2 nitrogen and oxygen atoms in total. The summed E-state index contributed by atoms with van der Waals surface area (Å²) in [4.78, 5) is 27.6. The molecule has 0 aliphatic heterocycles. The van der Waals surface area contributed by atoms with E-state index in [1.165, 1.54) is 33.1 Å². The number of hydrogen-bond acceptors (Lipinski definition) is 5. The topological polar surface area (TPSA) is 34.1 Å². The van der Waals surface area contributed by atoms with Gasteiger partial charge in [-0.2, -0.15) is 0 Å². The van der Waals surface area contributed by atoms with Crippen LogP contribution in [0.1, 0.15) is 24.9 Å². The first-order chi connectivity index (χ1) is 9.71. The SMILES string of the molecule is Cc1cc(-c2ccc(C=O)s2)sc1-c1ccc(C=O)s1. The van der Waals surface area contributed by atoms with Crippen LogP contribution in [0.5, 0.6) is 0 Å².